The van der Waals surface area contributed by atoms with Crippen LogP contribution in [0.3, 0.4) is 0 Å². The molecule has 0 saturated heterocycles. The van der Waals surface area contributed by atoms with Crippen LogP contribution in [0.4, 0.5) is 0 Å². The number of aromatic nitrogens is 5. The van der Waals surface area contributed by atoms with Crippen LogP contribution in [-0.2, 0) is 0 Å². The minimum absolute atomic E-state index is 0.417. The monoisotopic (exact) mass is 569 g/mol. The molecule has 0 aliphatic carbocycles. The Bertz CT molecular complexity index is 1750. The molecule has 0 N–H and O–H groups in total. The molecule has 0 amide bonds. The van der Waals surface area contributed by atoms with Crippen molar-refractivity contribution in [1.29, 1.82) is 0 Å². The molecule has 40 heavy (non-hydrogen) atoms. The van der Waals surface area contributed by atoms with Crippen LogP contribution in [0.1, 0.15) is 13.3 Å². The van der Waals surface area contributed by atoms with E-state index in [1.54, 1.807) is 31.9 Å². The lowest BCUT2D eigenvalue weighted by molar-refractivity contribution is 0.318. The van der Waals surface area contributed by atoms with Gasteiger partial charge < -0.3 is 9.47 Å². The van der Waals surface area contributed by atoms with Crippen molar-refractivity contribution < 1.29 is 9.47 Å². The van der Waals surface area contributed by atoms with Gasteiger partial charge in [-0.1, -0.05) is 36.2 Å². The average molecular weight is 570 g/mol. The molecule has 0 aliphatic rings. The van der Waals surface area contributed by atoms with E-state index < -0.39 is 0 Å². The lowest BCUT2D eigenvalue weighted by atomic mass is 10.1. The lowest BCUT2D eigenvalue weighted by Gasteiger charge is -2.08. The van der Waals surface area contributed by atoms with Crippen LogP contribution in [0.2, 0.25) is 10.3 Å². The summed E-state index contributed by atoms with van der Waals surface area (Å²) >= 11 is 12.5. The summed E-state index contributed by atoms with van der Waals surface area (Å²) in [6.45, 7) is 2.75. The van der Waals surface area contributed by atoms with Crippen molar-refractivity contribution in [3.05, 3.63) is 102 Å². The van der Waals surface area contributed by atoms with Crippen LogP contribution in [0.25, 0.3) is 44.3 Å². The molecule has 4 aromatic heterocycles. The second kappa shape index (κ2) is 12.7. The van der Waals surface area contributed by atoms with E-state index in [-0.39, 0.29) is 0 Å². The standard InChI is InChI=1S/C16H14ClN3O.C15H11ClN2O/c1-2-8-21-12-5-6-14-13(9-12)15(17)20-16(19-14)11-4-3-7-18-10-11;1-19-12-5-4-10-7-14(11-3-2-6-17-9-11)18-15(16)13(10)8-12/h3-7,9-10H,2,8H2,1H3;2-9H,1H3. The highest BCUT2D eigenvalue weighted by atomic mass is 35.5. The molecule has 6 aromatic rings. The van der Waals surface area contributed by atoms with Crippen LogP contribution in [-0.4, -0.2) is 38.6 Å². The molecule has 0 atom stereocenters. The highest BCUT2D eigenvalue weighted by Gasteiger charge is 2.10. The number of nitrogens with zero attached hydrogens (tertiary/aromatic N) is 5. The fourth-order valence-corrected chi connectivity index (χ4v) is 4.46. The number of benzene rings is 2. The first-order valence-corrected chi connectivity index (χ1v) is 13.4. The van der Waals surface area contributed by atoms with Crippen molar-refractivity contribution in [2.45, 2.75) is 13.3 Å². The van der Waals surface area contributed by atoms with Crippen molar-refractivity contribution in [3.8, 4) is 34.1 Å². The maximum Gasteiger partial charge on any atom is 0.163 e. The number of pyridine rings is 3. The van der Waals surface area contributed by atoms with E-state index in [4.69, 9.17) is 32.7 Å². The van der Waals surface area contributed by atoms with Gasteiger partial charge in [-0.25, -0.2) is 15.0 Å². The molecule has 7 nitrogen and oxygen atoms in total. The third-order valence-corrected chi connectivity index (χ3v) is 6.54. The maximum atomic E-state index is 6.29. The van der Waals surface area contributed by atoms with Crippen molar-refractivity contribution >= 4 is 44.9 Å². The summed E-state index contributed by atoms with van der Waals surface area (Å²) in [6, 6.07) is 21.0. The predicted molar refractivity (Wildman–Crippen MR) is 160 cm³/mol. The fourth-order valence-electron chi connectivity index (χ4n) is 3.98. The molecule has 4 heterocycles. The number of hydrogen-bond donors (Lipinski definition) is 0. The number of rotatable bonds is 6. The second-order valence-electron chi connectivity index (χ2n) is 8.73. The second-order valence-corrected chi connectivity index (χ2v) is 9.45. The van der Waals surface area contributed by atoms with Crippen LogP contribution < -0.4 is 9.47 Å². The largest absolute Gasteiger partial charge is 0.497 e. The zero-order chi connectivity index (χ0) is 27.9. The normalized spacial score (nSPS) is 10.7. The SMILES string of the molecule is CCCOc1ccc2nc(-c3cccnc3)nc(Cl)c2c1.COc1ccc2cc(-c3cccnc3)nc(Cl)c2c1. The average Bonchev–Trinajstić information content (AvgIpc) is 3.01. The first kappa shape index (κ1) is 27.2. The van der Waals surface area contributed by atoms with Crippen molar-refractivity contribution in [2.24, 2.45) is 0 Å². The molecule has 9 heteroatoms. The Labute approximate surface area is 241 Å². The Kier molecular flexibility index (Phi) is 8.64. The van der Waals surface area contributed by atoms with E-state index in [1.807, 2.05) is 66.7 Å². The number of halogens is 2. The third-order valence-electron chi connectivity index (χ3n) is 5.96. The van der Waals surface area contributed by atoms with Gasteiger partial charge in [-0.05, 0) is 72.5 Å². The highest BCUT2D eigenvalue weighted by Crippen LogP contribution is 2.30. The topological polar surface area (TPSA) is 82.9 Å². The third kappa shape index (κ3) is 6.28. The highest BCUT2D eigenvalue weighted by molar-refractivity contribution is 6.34. The molecule has 0 bridgehead atoms. The molecule has 0 aliphatic heterocycles. The first-order valence-electron chi connectivity index (χ1n) is 12.6. The molecule has 200 valence electrons. The van der Waals surface area contributed by atoms with Crippen LogP contribution in [0, 0.1) is 0 Å². The molecule has 2 aromatic carbocycles. The number of ether oxygens (including phenoxy) is 2. The Balaban J connectivity index is 0.000000162. The zero-order valence-electron chi connectivity index (χ0n) is 21.9. The number of fused-ring (bicyclic) bond motifs is 2. The van der Waals surface area contributed by atoms with Gasteiger partial charge in [-0.15, -0.1) is 0 Å². The van der Waals surface area contributed by atoms with Crippen molar-refractivity contribution in [1.82, 2.24) is 24.9 Å². The van der Waals surface area contributed by atoms with E-state index in [2.05, 4.69) is 31.8 Å². The minimum Gasteiger partial charge on any atom is -0.497 e. The lowest BCUT2D eigenvalue weighted by Crippen LogP contribution is -1.96. The Morgan fingerprint density at radius 1 is 0.725 bits per heavy atom. The van der Waals surface area contributed by atoms with Gasteiger partial charge in [-0.3, -0.25) is 9.97 Å². The predicted octanol–water partition coefficient (Wildman–Crippen LogP) is 8.09. The Morgan fingerprint density at radius 3 is 2.12 bits per heavy atom. The molecule has 0 saturated carbocycles. The first-order chi connectivity index (χ1) is 19.6. The van der Waals surface area contributed by atoms with E-state index in [1.165, 1.54) is 0 Å². The molecule has 0 unspecified atom stereocenters. The molecule has 0 radical (unpaired) electrons. The van der Waals surface area contributed by atoms with Gasteiger partial charge in [0.25, 0.3) is 0 Å². The van der Waals surface area contributed by atoms with E-state index in [9.17, 15) is 0 Å². The van der Waals surface area contributed by atoms with Crippen LogP contribution >= 0.6 is 23.2 Å². The van der Waals surface area contributed by atoms with Gasteiger partial charge in [0.05, 0.1) is 24.9 Å². The van der Waals surface area contributed by atoms with E-state index >= 15 is 0 Å². The van der Waals surface area contributed by atoms with Crippen LogP contribution in [0.15, 0.2) is 91.5 Å². The van der Waals surface area contributed by atoms with Crippen molar-refractivity contribution in [3.63, 3.8) is 0 Å². The minimum atomic E-state index is 0.417. The van der Waals surface area contributed by atoms with Gasteiger partial charge in [0, 0.05) is 46.7 Å². The molecule has 0 fully saturated rings. The molecule has 6 rings (SSSR count). The van der Waals surface area contributed by atoms with Gasteiger partial charge in [0.1, 0.15) is 21.8 Å². The number of hydrogen-bond acceptors (Lipinski definition) is 7. The van der Waals surface area contributed by atoms with E-state index in [0.29, 0.717) is 22.7 Å². The molecular weight excluding hydrogens is 545 g/mol. The Hall–Kier alpha value is -4.33. The van der Waals surface area contributed by atoms with Crippen molar-refractivity contribution in [2.75, 3.05) is 13.7 Å². The summed E-state index contributed by atoms with van der Waals surface area (Å²) < 4.78 is 10.8. The van der Waals surface area contributed by atoms with Crippen LogP contribution in [0.5, 0.6) is 11.5 Å². The fraction of sp³-hybridized carbons (Fsp3) is 0.129. The summed E-state index contributed by atoms with van der Waals surface area (Å²) in [5, 5.41) is 3.59. The smallest absolute Gasteiger partial charge is 0.163 e. The number of methoxy groups -OCH3 is 1. The van der Waals surface area contributed by atoms with E-state index in [0.717, 1.165) is 56.4 Å². The maximum absolute atomic E-state index is 6.29. The molecule has 0 spiro atoms. The molecular formula is C31H25Cl2N5O2. The van der Waals surface area contributed by atoms with Gasteiger partial charge in [0.15, 0.2) is 5.82 Å². The van der Waals surface area contributed by atoms with Gasteiger partial charge in [-0.2, -0.15) is 0 Å². The summed E-state index contributed by atoms with van der Waals surface area (Å²) in [6.07, 6.45) is 7.90. The zero-order valence-corrected chi connectivity index (χ0v) is 23.4. The Morgan fingerprint density at radius 2 is 1.43 bits per heavy atom. The summed E-state index contributed by atoms with van der Waals surface area (Å²) in [5.74, 6) is 2.12. The van der Waals surface area contributed by atoms with Gasteiger partial charge >= 0.3 is 0 Å². The summed E-state index contributed by atoms with van der Waals surface area (Å²) in [4.78, 5) is 21.5. The van der Waals surface area contributed by atoms with Gasteiger partial charge in [0.2, 0.25) is 0 Å². The quantitative estimate of drug-likeness (QED) is 0.148. The summed E-state index contributed by atoms with van der Waals surface area (Å²) in [5.41, 5.74) is 3.39. The summed E-state index contributed by atoms with van der Waals surface area (Å²) in [7, 11) is 1.63.